The second-order valence-electron chi connectivity index (χ2n) is 4.69. The monoisotopic (exact) mass is 282 g/mol. The molecule has 0 unspecified atom stereocenters. The number of carbonyl (C=O) groups is 2. The van der Waals surface area contributed by atoms with E-state index >= 15 is 0 Å². The lowest BCUT2D eigenvalue weighted by molar-refractivity contribution is -0.122. The van der Waals surface area contributed by atoms with Crippen LogP contribution in [0, 0.1) is 0 Å². The van der Waals surface area contributed by atoms with Crippen LogP contribution in [0.1, 0.15) is 28.9 Å². The van der Waals surface area contributed by atoms with E-state index in [0.29, 0.717) is 23.5 Å². The zero-order chi connectivity index (χ0) is 14.8. The van der Waals surface area contributed by atoms with Crippen molar-refractivity contribution in [1.29, 1.82) is 0 Å². The Morgan fingerprint density at radius 2 is 1.76 bits per heavy atom. The number of benzene rings is 2. The second-order valence-corrected chi connectivity index (χ2v) is 4.69. The number of carbonyl (C=O) groups excluding carboxylic acids is 2. The van der Waals surface area contributed by atoms with Crippen LogP contribution in [0.15, 0.2) is 48.5 Å². The predicted molar refractivity (Wildman–Crippen MR) is 76.8 cm³/mol. The summed E-state index contributed by atoms with van der Waals surface area (Å²) in [7, 11) is 0. The highest BCUT2D eigenvalue weighted by Gasteiger charge is 2.36. The van der Waals surface area contributed by atoms with Gasteiger partial charge >= 0.3 is 0 Å². The van der Waals surface area contributed by atoms with E-state index in [2.05, 4.69) is 0 Å². The zero-order valence-electron chi connectivity index (χ0n) is 11.5. The van der Waals surface area contributed by atoms with Gasteiger partial charge in [0.2, 0.25) is 11.6 Å². The van der Waals surface area contributed by atoms with Gasteiger partial charge in [-0.15, -0.1) is 0 Å². The molecule has 0 aromatic heterocycles. The van der Waals surface area contributed by atoms with Crippen molar-refractivity contribution in [2.45, 2.75) is 13.0 Å². The average molecular weight is 282 g/mol. The number of rotatable bonds is 3. The highest BCUT2D eigenvalue weighted by atomic mass is 16.5. The molecule has 0 amide bonds. The summed E-state index contributed by atoms with van der Waals surface area (Å²) < 4.78 is 11.0. The van der Waals surface area contributed by atoms with Crippen molar-refractivity contribution in [3.63, 3.8) is 0 Å². The van der Waals surface area contributed by atoms with E-state index in [4.69, 9.17) is 9.47 Å². The zero-order valence-corrected chi connectivity index (χ0v) is 11.5. The van der Waals surface area contributed by atoms with Crippen LogP contribution in [0.5, 0.6) is 11.5 Å². The number of ether oxygens (including phenoxy) is 2. The minimum Gasteiger partial charge on any atom is -0.494 e. The van der Waals surface area contributed by atoms with Crippen molar-refractivity contribution in [2.75, 3.05) is 6.61 Å². The van der Waals surface area contributed by atoms with E-state index in [1.807, 2.05) is 6.92 Å². The molecule has 0 saturated heterocycles. The van der Waals surface area contributed by atoms with E-state index in [0.717, 1.165) is 5.75 Å². The molecule has 0 aliphatic carbocycles. The van der Waals surface area contributed by atoms with E-state index in [1.54, 1.807) is 48.5 Å². The molecule has 2 aromatic rings. The molecule has 0 N–H and O–H groups in total. The van der Waals surface area contributed by atoms with Gasteiger partial charge in [-0.2, -0.15) is 0 Å². The van der Waals surface area contributed by atoms with Gasteiger partial charge in [0, 0.05) is 5.56 Å². The second kappa shape index (κ2) is 5.40. The van der Waals surface area contributed by atoms with Gasteiger partial charge in [0.15, 0.2) is 6.10 Å². The van der Waals surface area contributed by atoms with E-state index in [9.17, 15) is 9.59 Å². The molecule has 21 heavy (non-hydrogen) atoms. The minimum atomic E-state index is -0.886. The van der Waals surface area contributed by atoms with Gasteiger partial charge in [0.1, 0.15) is 11.5 Å². The first-order valence-corrected chi connectivity index (χ1v) is 6.77. The van der Waals surface area contributed by atoms with Crippen LogP contribution < -0.4 is 9.47 Å². The maximum atomic E-state index is 12.2. The number of hydrogen-bond donors (Lipinski definition) is 0. The normalized spacial score (nSPS) is 17.1. The van der Waals surface area contributed by atoms with Crippen molar-refractivity contribution in [2.24, 2.45) is 0 Å². The van der Waals surface area contributed by atoms with Crippen LogP contribution in [0.2, 0.25) is 0 Å². The largest absolute Gasteiger partial charge is 0.494 e. The van der Waals surface area contributed by atoms with Crippen molar-refractivity contribution in [3.05, 3.63) is 59.7 Å². The first-order chi connectivity index (χ1) is 10.2. The summed E-state index contributed by atoms with van der Waals surface area (Å²) in [6.07, 6.45) is -0.886. The topological polar surface area (TPSA) is 52.6 Å². The summed E-state index contributed by atoms with van der Waals surface area (Å²) in [5.41, 5.74) is 0.969. The molecule has 0 saturated carbocycles. The number of para-hydroxylation sites is 1. The Labute approximate surface area is 122 Å². The first kappa shape index (κ1) is 13.4. The molecule has 0 fully saturated rings. The molecule has 3 rings (SSSR count). The van der Waals surface area contributed by atoms with Crippen LogP contribution in [0.3, 0.4) is 0 Å². The Morgan fingerprint density at radius 1 is 1.05 bits per heavy atom. The lowest BCUT2D eigenvalue weighted by Gasteiger charge is -2.24. The van der Waals surface area contributed by atoms with Gasteiger partial charge in [0.25, 0.3) is 0 Å². The number of ketones is 2. The molecular weight excluding hydrogens is 268 g/mol. The number of hydrogen-bond acceptors (Lipinski definition) is 4. The fourth-order valence-electron chi connectivity index (χ4n) is 2.31. The molecule has 1 heterocycles. The van der Waals surface area contributed by atoms with Gasteiger partial charge in [-0.3, -0.25) is 9.59 Å². The van der Waals surface area contributed by atoms with Crippen LogP contribution >= 0.6 is 0 Å². The maximum absolute atomic E-state index is 12.2. The highest BCUT2D eigenvalue weighted by molar-refractivity contribution is 6.46. The lowest BCUT2D eigenvalue weighted by atomic mass is 9.95. The van der Waals surface area contributed by atoms with E-state index < -0.39 is 17.7 Å². The minimum absolute atomic E-state index is 0.324. The summed E-state index contributed by atoms with van der Waals surface area (Å²) in [6, 6.07) is 13.8. The third-order valence-corrected chi connectivity index (χ3v) is 3.33. The summed E-state index contributed by atoms with van der Waals surface area (Å²) >= 11 is 0. The third-order valence-electron chi connectivity index (χ3n) is 3.33. The fourth-order valence-corrected chi connectivity index (χ4v) is 2.31. The Balaban J connectivity index is 1.93. The molecular formula is C17H14O4. The van der Waals surface area contributed by atoms with E-state index in [-0.39, 0.29) is 0 Å². The molecule has 1 atom stereocenters. The van der Waals surface area contributed by atoms with Gasteiger partial charge in [0.05, 0.1) is 12.2 Å². The highest BCUT2D eigenvalue weighted by Crippen LogP contribution is 2.33. The van der Waals surface area contributed by atoms with Crippen molar-refractivity contribution >= 4 is 11.6 Å². The molecule has 0 bridgehead atoms. The van der Waals surface area contributed by atoms with Crippen molar-refractivity contribution in [3.8, 4) is 11.5 Å². The Hall–Kier alpha value is -2.62. The predicted octanol–water partition coefficient (Wildman–Crippen LogP) is 2.97. The Morgan fingerprint density at radius 3 is 2.48 bits per heavy atom. The van der Waals surface area contributed by atoms with Gasteiger partial charge in [-0.1, -0.05) is 24.3 Å². The van der Waals surface area contributed by atoms with E-state index in [1.165, 1.54) is 0 Å². The Bertz CT molecular complexity index is 688. The van der Waals surface area contributed by atoms with Crippen molar-refractivity contribution in [1.82, 2.24) is 0 Å². The maximum Gasteiger partial charge on any atom is 0.248 e. The summed E-state index contributed by atoms with van der Waals surface area (Å²) in [5.74, 6) is 0.116. The summed E-state index contributed by atoms with van der Waals surface area (Å²) in [5, 5.41) is 0. The van der Waals surface area contributed by atoms with Crippen LogP contribution in [-0.4, -0.2) is 18.2 Å². The van der Waals surface area contributed by atoms with Gasteiger partial charge in [-0.25, -0.2) is 0 Å². The first-order valence-electron chi connectivity index (χ1n) is 6.77. The molecule has 1 aliphatic heterocycles. The standard InChI is InChI=1S/C17H14O4/c1-2-20-12-9-7-11(8-10-12)17-16(19)15(18)13-5-3-4-6-14(13)21-17/h3-10,17H,2H2,1H3/t17-/m0/s1. The fraction of sp³-hybridized carbons (Fsp3) is 0.176. The smallest absolute Gasteiger partial charge is 0.248 e. The summed E-state index contributed by atoms with van der Waals surface area (Å²) in [6.45, 7) is 2.47. The molecule has 0 spiro atoms. The lowest BCUT2D eigenvalue weighted by Crippen LogP contribution is -2.31. The Kier molecular flexibility index (Phi) is 3.44. The van der Waals surface area contributed by atoms with Gasteiger partial charge < -0.3 is 9.47 Å². The molecule has 2 aromatic carbocycles. The molecule has 0 radical (unpaired) electrons. The van der Waals surface area contributed by atoms with Gasteiger partial charge in [-0.05, 0) is 31.2 Å². The van der Waals surface area contributed by atoms with Crippen LogP contribution in [-0.2, 0) is 4.79 Å². The van der Waals surface area contributed by atoms with Crippen LogP contribution in [0.25, 0.3) is 0 Å². The number of Topliss-reactive ketones (excluding diaryl/α,β-unsaturated/α-hetero) is 2. The molecule has 4 heteroatoms. The quantitative estimate of drug-likeness (QED) is 0.812. The van der Waals surface area contributed by atoms with Crippen molar-refractivity contribution < 1.29 is 19.1 Å². The third kappa shape index (κ3) is 2.40. The SMILES string of the molecule is CCOc1ccc([C@@H]2Oc3ccccc3C(=O)C2=O)cc1. The molecule has 4 nitrogen and oxygen atoms in total. The summed E-state index contributed by atoms with van der Waals surface area (Å²) in [4.78, 5) is 24.3. The van der Waals surface area contributed by atoms with Crippen LogP contribution in [0.4, 0.5) is 0 Å². The molecule has 1 aliphatic rings. The average Bonchev–Trinajstić information content (AvgIpc) is 2.52. The molecule has 106 valence electrons. The number of fused-ring (bicyclic) bond motifs is 1.